The zero-order chi connectivity index (χ0) is 26.0. The Morgan fingerprint density at radius 2 is 1.94 bits per heavy atom. The van der Waals surface area contributed by atoms with Crippen molar-refractivity contribution in [1.82, 2.24) is 14.8 Å². The van der Waals surface area contributed by atoms with Crippen molar-refractivity contribution in [3.05, 3.63) is 59.9 Å². The third-order valence-electron chi connectivity index (χ3n) is 6.94. The summed E-state index contributed by atoms with van der Waals surface area (Å²) < 4.78 is 14.2. The first kappa shape index (κ1) is 25.6. The minimum atomic E-state index is -1.55. The second-order valence-electron chi connectivity index (χ2n) is 10.5. The van der Waals surface area contributed by atoms with E-state index >= 15 is 0 Å². The zero-order valence-corrected chi connectivity index (χ0v) is 20.8. The molecule has 2 aromatic rings. The fraction of sp³-hybridized carbons (Fsp3) is 0.481. The lowest BCUT2D eigenvalue weighted by Gasteiger charge is -2.36. The maximum Gasteiger partial charge on any atom is 0.251 e. The molecule has 0 bridgehead atoms. The van der Waals surface area contributed by atoms with Crippen LogP contribution in [0.3, 0.4) is 0 Å². The molecule has 4 atom stereocenters. The molecule has 4 rings (SSSR count). The first-order chi connectivity index (χ1) is 17.1. The van der Waals surface area contributed by atoms with Crippen LogP contribution in [-0.4, -0.2) is 69.7 Å². The monoisotopic (exact) mass is 493 g/mol. The highest BCUT2D eigenvalue weighted by atomic mass is 19.1. The molecule has 0 radical (unpaired) electrons. The number of halogens is 1. The Labute approximate surface area is 210 Å². The average Bonchev–Trinajstić information content (AvgIpc) is 3.48. The summed E-state index contributed by atoms with van der Waals surface area (Å²) >= 11 is 0. The molecule has 2 fully saturated rings. The quantitative estimate of drug-likeness (QED) is 0.643. The second-order valence-corrected chi connectivity index (χ2v) is 10.5. The molecular formula is C27H32FN5O3. The highest BCUT2D eigenvalue weighted by molar-refractivity contribution is 6.04. The fourth-order valence-corrected chi connectivity index (χ4v) is 4.87. The van der Waals surface area contributed by atoms with E-state index in [0.29, 0.717) is 30.6 Å². The van der Waals surface area contributed by atoms with Crippen molar-refractivity contribution in [2.75, 3.05) is 24.5 Å². The van der Waals surface area contributed by atoms with Gasteiger partial charge >= 0.3 is 0 Å². The number of pyridine rings is 1. The summed E-state index contributed by atoms with van der Waals surface area (Å²) in [5, 5.41) is 19.6. The number of carbonyl (C=O) groups excluding carboxylic acids is 2. The van der Waals surface area contributed by atoms with Crippen molar-refractivity contribution in [1.29, 1.82) is 5.26 Å². The normalized spacial score (nSPS) is 22.8. The summed E-state index contributed by atoms with van der Waals surface area (Å²) in [4.78, 5) is 36.3. The molecule has 190 valence electrons. The van der Waals surface area contributed by atoms with Gasteiger partial charge in [0.1, 0.15) is 24.4 Å². The number of nitriles is 1. The molecule has 1 N–H and O–H groups in total. The molecule has 4 unspecified atom stereocenters. The number of β-amino-alcohol motifs (C(OH)–C–C–N with tert-alkyl or cyclic N) is 1. The highest BCUT2D eigenvalue weighted by Gasteiger charge is 2.44. The summed E-state index contributed by atoms with van der Waals surface area (Å²) in [6.07, 6.45) is 3.54. The van der Waals surface area contributed by atoms with Gasteiger partial charge < -0.3 is 10.0 Å². The van der Waals surface area contributed by atoms with E-state index in [1.165, 1.54) is 20.9 Å². The molecule has 0 spiro atoms. The first-order valence-corrected chi connectivity index (χ1v) is 12.2. The van der Waals surface area contributed by atoms with Gasteiger partial charge in [0, 0.05) is 36.7 Å². The van der Waals surface area contributed by atoms with Crippen LogP contribution in [0.15, 0.2) is 48.8 Å². The zero-order valence-electron chi connectivity index (χ0n) is 20.8. The van der Waals surface area contributed by atoms with Crippen molar-refractivity contribution in [3.63, 3.8) is 0 Å². The van der Waals surface area contributed by atoms with Crippen LogP contribution in [0, 0.1) is 11.5 Å². The van der Waals surface area contributed by atoms with Gasteiger partial charge in [0.15, 0.2) is 6.19 Å². The van der Waals surface area contributed by atoms with Gasteiger partial charge in [-0.3, -0.25) is 24.4 Å². The van der Waals surface area contributed by atoms with Gasteiger partial charge in [0.25, 0.3) is 11.8 Å². The Balaban J connectivity index is 1.82. The lowest BCUT2D eigenvalue weighted by molar-refractivity contribution is -0.135. The largest absolute Gasteiger partial charge is 0.388 e. The number of amides is 2. The van der Waals surface area contributed by atoms with E-state index < -0.39 is 30.3 Å². The predicted molar refractivity (Wildman–Crippen MR) is 132 cm³/mol. The van der Waals surface area contributed by atoms with Crippen molar-refractivity contribution in [3.8, 4) is 6.19 Å². The van der Waals surface area contributed by atoms with Crippen molar-refractivity contribution < 1.29 is 19.1 Å². The maximum atomic E-state index is 14.2. The van der Waals surface area contributed by atoms with E-state index in [-0.39, 0.29) is 24.4 Å². The van der Waals surface area contributed by atoms with Crippen LogP contribution in [0.5, 0.6) is 0 Å². The molecule has 2 aliphatic rings. The van der Waals surface area contributed by atoms with Crippen LogP contribution in [0.4, 0.5) is 10.1 Å². The van der Waals surface area contributed by atoms with E-state index in [9.17, 15) is 24.3 Å². The van der Waals surface area contributed by atoms with Crippen molar-refractivity contribution >= 4 is 17.5 Å². The van der Waals surface area contributed by atoms with Crippen LogP contribution in [0.1, 0.15) is 50.8 Å². The lowest BCUT2D eigenvalue weighted by atomic mass is 9.87. The lowest BCUT2D eigenvalue weighted by Crippen LogP contribution is -2.50. The van der Waals surface area contributed by atoms with Gasteiger partial charge in [-0.15, -0.1) is 0 Å². The number of aliphatic hydroxyl groups is 1. The molecule has 8 nitrogen and oxygen atoms in total. The van der Waals surface area contributed by atoms with Crippen molar-refractivity contribution in [2.45, 2.75) is 63.4 Å². The molecule has 2 amide bonds. The van der Waals surface area contributed by atoms with E-state index in [2.05, 4.69) is 31.9 Å². The Kier molecular flexibility index (Phi) is 7.27. The molecule has 3 heterocycles. The number of alkyl halides is 1. The molecule has 2 saturated heterocycles. The minimum Gasteiger partial charge on any atom is -0.388 e. The standard InChI is InChI=1S/C27H32FN5O3/c1-27(2,3)19-8-10-20(11-9-19)33(25(35)22-7-5-13-31(22)17-29)24(18-6-4-12-30-14-18)26(36)32-15-21(28)23(34)16-32/h4,6,8-12,14,21-24,34H,5,7,13,15-16H2,1-3H3. The summed E-state index contributed by atoms with van der Waals surface area (Å²) in [6, 6.07) is 9.00. The number of anilines is 1. The number of aromatic nitrogens is 1. The number of carbonyl (C=O) groups is 2. The van der Waals surface area contributed by atoms with Gasteiger partial charge in [0.2, 0.25) is 0 Å². The molecule has 1 aromatic heterocycles. The Bertz CT molecular complexity index is 1120. The van der Waals surface area contributed by atoms with E-state index in [1.807, 2.05) is 12.1 Å². The van der Waals surface area contributed by atoms with Crippen molar-refractivity contribution in [2.24, 2.45) is 0 Å². The Morgan fingerprint density at radius 1 is 1.22 bits per heavy atom. The maximum absolute atomic E-state index is 14.2. The smallest absolute Gasteiger partial charge is 0.251 e. The van der Waals surface area contributed by atoms with Gasteiger partial charge in [-0.05, 0) is 42.0 Å². The number of rotatable bonds is 5. The number of nitrogens with zero attached hydrogens (tertiary/aromatic N) is 5. The summed E-state index contributed by atoms with van der Waals surface area (Å²) in [7, 11) is 0. The predicted octanol–water partition coefficient (Wildman–Crippen LogP) is 2.94. The van der Waals surface area contributed by atoms with Crippen LogP contribution >= 0.6 is 0 Å². The summed E-state index contributed by atoms with van der Waals surface area (Å²) in [5.74, 6) is -0.881. The van der Waals surface area contributed by atoms with E-state index in [4.69, 9.17) is 0 Å². The fourth-order valence-electron chi connectivity index (χ4n) is 4.87. The average molecular weight is 494 g/mol. The first-order valence-electron chi connectivity index (χ1n) is 12.2. The second kappa shape index (κ2) is 10.2. The molecule has 9 heteroatoms. The highest BCUT2D eigenvalue weighted by Crippen LogP contribution is 2.34. The number of benzene rings is 1. The van der Waals surface area contributed by atoms with Gasteiger partial charge in [-0.1, -0.05) is 39.0 Å². The molecule has 0 aliphatic carbocycles. The SMILES string of the molecule is CC(C)(C)c1ccc(N(C(=O)C2CCCN2C#N)C(C(=O)N2CC(O)C(F)C2)c2cccnc2)cc1. The molecule has 2 aliphatic heterocycles. The molecule has 36 heavy (non-hydrogen) atoms. The molecular weight excluding hydrogens is 461 g/mol. The Morgan fingerprint density at radius 3 is 2.50 bits per heavy atom. The van der Waals surface area contributed by atoms with Crippen LogP contribution < -0.4 is 4.90 Å². The summed E-state index contributed by atoms with van der Waals surface area (Å²) in [6.45, 7) is 6.31. The topological polar surface area (TPSA) is 101 Å². The van der Waals surface area contributed by atoms with Crippen LogP contribution in [0.25, 0.3) is 0 Å². The van der Waals surface area contributed by atoms with Gasteiger partial charge in [-0.25, -0.2) is 4.39 Å². The molecule has 0 saturated carbocycles. The third kappa shape index (κ3) is 5.05. The third-order valence-corrected chi connectivity index (χ3v) is 6.94. The molecule has 1 aromatic carbocycles. The number of aliphatic hydroxyl groups excluding tert-OH is 1. The van der Waals surface area contributed by atoms with Gasteiger partial charge in [-0.2, -0.15) is 5.26 Å². The number of hydrogen-bond acceptors (Lipinski definition) is 6. The van der Waals surface area contributed by atoms with Crippen LogP contribution in [-0.2, 0) is 15.0 Å². The number of likely N-dealkylation sites (tertiary alicyclic amines) is 2. The minimum absolute atomic E-state index is 0.114. The summed E-state index contributed by atoms with van der Waals surface area (Å²) in [5.41, 5.74) is 1.91. The van der Waals surface area contributed by atoms with E-state index in [0.717, 1.165) is 5.56 Å². The Hall–Kier alpha value is -3.51. The van der Waals surface area contributed by atoms with Crippen LogP contribution in [0.2, 0.25) is 0 Å². The van der Waals surface area contributed by atoms with E-state index in [1.54, 1.807) is 30.5 Å². The number of hydrogen-bond donors (Lipinski definition) is 1. The van der Waals surface area contributed by atoms with Gasteiger partial charge in [0.05, 0.1) is 6.54 Å².